The number of fused-ring (bicyclic) bond motifs is 5. The summed E-state index contributed by atoms with van der Waals surface area (Å²) in [7, 11) is 0. The largest absolute Gasteiger partial charge is 0.253 e. The van der Waals surface area contributed by atoms with Crippen molar-refractivity contribution in [2.45, 2.75) is 58.4 Å². The molecule has 7 rings (SSSR count). The molecule has 6 nitrogen and oxygen atoms in total. The molecule has 5 heterocycles. The molecule has 169 valence electrons. The highest BCUT2D eigenvalue weighted by molar-refractivity contribution is 8.30. The summed E-state index contributed by atoms with van der Waals surface area (Å²) in [5.74, 6) is 0. The van der Waals surface area contributed by atoms with Crippen LogP contribution in [0.5, 0.6) is 0 Å². The zero-order valence-electron chi connectivity index (χ0n) is 18.7. The molecule has 3 aliphatic rings. The highest BCUT2D eigenvalue weighted by Gasteiger charge is 2.52. The maximum atomic E-state index is 13.0. The summed E-state index contributed by atoms with van der Waals surface area (Å²) < 4.78 is 2.56. The summed E-state index contributed by atoms with van der Waals surface area (Å²) in [6.45, 7) is 7.70. The van der Waals surface area contributed by atoms with Gasteiger partial charge in [0.15, 0.2) is 0 Å². The molecule has 1 radical (unpaired) electrons. The first kappa shape index (κ1) is 21.5. The molecule has 2 aromatic carbocycles. The molecule has 0 atom stereocenters. The van der Waals surface area contributed by atoms with Crippen LogP contribution in [0.2, 0.25) is 0 Å². The summed E-state index contributed by atoms with van der Waals surface area (Å²) in [4.78, 5) is 23.6. The molecule has 0 unspecified atom stereocenters. The Hall–Kier alpha value is -1.82. The maximum Gasteiger partial charge on any atom is 0.0903 e. The summed E-state index contributed by atoms with van der Waals surface area (Å²) in [6, 6.07) is 8.51. The van der Waals surface area contributed by atoms with Gasteiger partial charge in [0.2, 0.25) is 0 Å². The summed E-state index contributed by atoms with van der Waals surface area (Å²) >= 11 is 7.18. The van der Waals surface area contributed by atoms with Crippen LogP contribution in [0.15, 0.2) is 64.7 Å². The topological polar surface area (TPSA) is 74.7 Å². The Bertz CT molecular complexity index is 1490. The lowest BCUT2D eigenvalue weighted by Gasteiger charge is -2.31. The normalized spacial score (nSPS) is 20.3. The van der Waals surface area contributed by atoms with E-state index in [0.29, 0.717) is 0 Å². The van der Waals surface area contributed by atoms with E-state index in [0.717, 1.165) is 38.5 Å². The molecule has 0 amide bonds. The number of benzene rings is 2. The van der Waals surface area contributed by atoms with Gasteiger partial charge in [0.25, 0.3) is 0 Å². The van der Waals surface area contributed by atoms with Gasteiger partial charge in [-0.05, 0) is 52.0 Å². The average Bonchev–Trinajstić information content (AvgIpc) is 3.45. The Morgan fingerprint density at radius 1 is 0.618 bits per heavy atom. The predicted molar refractivity (Wildman–Crippen MR) is 138 cm³/mol. The fraction of sp³-hybridized carbons (Fsp3) is 0.250. The van der Waals surface area contributed by atoms with E-state index >= 15 is 0 Å². The summed E-state index contributed by atoms with van der Waals surface area (Å²) in [5, 5.41) is 14.1. The van der Waals surface area contributed by atoms with Crippen LogP contribution in [0.25, 0.3) is 22.1 Å². The minimum absolute atomic E-state index is 0.704. The van der Waals surface area contributed by atoms with Crippen LogP contribution in [0.3, 0.4) is 0 Å². The second-order valence-corrected chi connectivity index (χ2v) is 14.2. The van der Waals surface area contributed by atoms with Gasteiger partial charge < -0.3 is 0 Å². The molecule has 10 heteroatoms. The molecule has 0 saturated carbocycles. The van der Waals surface area contributed by atoms with Crippen LogP contribution in [-0.4, -0.2) is 25.0 Å². The Balaban J connectivity index is 1.28. The first-order valence-electron chi connectivity index (χ1n) is 10.8. The van der Waals surface area contributed by atoms with Crippen molar-refractivity contribution in [1.82, 2.24) is 25.0 Å². The van der Waals surface area contributed by atoms with Gasteiger partial charge in [-0.25, -0.2) is 9.97 Å². The van der Waals surface area contributed by atoms with Crippen molar-refractivity contribution in [3.05, 3.63) is 56.5 Å². The first-order valence-corrected chi connectivity index (χ1v) is 14.0. The Labute approximate surface area is 213 Å². The van der Waals surface area contributed by atoms with E-state index in [-0.39, 0.29) is 0 Å². The minimum atomic E-state index is -0.704. The highest BCUT2D eigenvalue weighted by atomic mass is 32.2. The summed E-state index contributed by atoms with van der Waals surface area (Å²) in [6.07, 6.45) is 3.47. The van der Waals surface area contributed by atoms with E-state index < -0.39 is 11.1 Å². The highest BCUT2D eigenvalue weighted by Crippen LogP contribution is 2.62. The number of aromatic nitrogens is 4. The van der Waals surface area contributed by atoms with Crippen molar-refractivity contribution in [2.75, 3.05) is 0 Å². The Kier molecular flexibility index (Phi) is 4.49. The van der Waals surface area contributed by atoms with Crippen molar-refractivity contribution in [1.29, 1.82) is 0 Å². The van der Waals surface area contributed by atoms with E-state index in [1.54, 1.807) is 59.4 Å². The molecule has 0 saturated heterocycles. The van der Waals surface area contributed by atoms with Gasteiger partial charge in [0.05, 0.1) is 53.0 Å². The lowest BCUT2D eigenvalue weighted by atomic mass is 10.00. The SMILES string of the molecule is CC1(C)c2nc3cc4c(cc3nc2C(C)(C)N1[O])SC(=C1Sc2cc3nccnc3cc2S1)S4. The molecule has 0 fully saturated rings. The van der Waals surface area contributed by atoms with Crippen LogP contribution in [0.4, 0.5) is 0 Å². The second kappa shape index (κ2) is 7.11. The fourth-order valence-electron chi connectivity index (χ4n) is 4.71. The molecule has 3 aliphatic heterocycles. The van der Waals surface area contributed by atoms with Crippen molar-refractivity contribution < 1.29 is 5.21 Å². The van der Waals surface area contributed by atoms with Crippen molar-refractivity contribution >= 4 is 69.1 Å². The Morgan fingerprint density at radius 2 is 0.971 bits per heavy atom. The third-order valence-corrected chi connectivity index (χ3v) is 12.0. The van der Waals surface area contributed by atoms with Crippen LogP contribution >= 0.6 is 47.0 Å². The average molecular weight is 521 g/mol. The quantitative estimate of drug-likeness (QED) is 0.245. The van der Waals surface area contributed by atoms with Crippen LogP contribution in [0, 0.1) is 0 Å². The molecule has 2 aromatic heterocycles. The van der Waals surface area contributed by atoms with Gasteiger partial charge in [0, 0.05) is 32.0 Å². The van der Waals surface area contributed by atoms with Gasteiger partial charge in [-0.15, -0.1) is 10.3 Å². The number of hydroxylamine groups is 2. The van der Waals surface area contributed by atoms with Gasteiger partial charge in [0.1, 0.15) is 0 Å². The van der Waals surface area contributed by atoms with E-state index in [4.69, 9.17) is 9.97 Å². The van der Waals surface area contributed by atoms with E-state index in [1.165, 1.54) is 28.1 Å². The third kappa shape index (κ3) is 2.96. The molecule has 4 aromatic rings. The van der Waals surface area contributed by atoms with Crippen LogP contribution in [0.1, 0.15) is 39.1 Å². The lowest BCUT2D eigenvalue weighted by molar-refractivity contribution is -0.267. The van der Waals surface area contributed by atoms with E-state index in [2.05, 4.69) is 34.2 Å². The Morgan fingerprint density at radius 3 is 1.35 bits per heavy atom. The molecule has 0 bridgehead atoms. The fourth-order valence-corrected chi connectivity index (χ4v) is 10.1. The molecule has 0 aliphatic carbocycles. The lowest BCUT2D eigenvalue weighted by Crippen LogP contribution is -2.41. The van der Waals surface area contributed by atoms with Gasteiger partial charge >= 0.3 is 0 Å². The minimum Gasteiger partial charge on any atom is -0.253 e. The van der Waals surface area contributed by atoms with E-state index in [1.807, 2.05) is 27.7 Å². The van der Waals surface area contributed by atoms with E-state index in [9.17, 15) is 5.21 Å². The zero-order chi connectivity index (χ0) is 23.4. The molecule has 34 heavy (non-hydrogen) atoms. The zero-order valence-corrected chi connectivity index (χ0v) is 22.0. The van der Waals surface area contributed by atoms with Gasteiger partial charge in [-0.3, -0.25) is 9.97 Å². The number of hydrogen-bond acceptors (Lipinski definition) is 9. The standard InChI is InChI=1S/C24H18N5OS4/c1-23(2)19-20(24(3,4)29(23)30)28-14-10-18-17(9-13(14)27-19)33-22(34-18)21-31-15-7-11-12(8-16(15)32-21)26-6-5-25-11/h5-10H,1-4H3. The maximum absolute atomic E-state index is 13.0. The third-order valence-electron chi connectivity index (χ3n) is 6.42. The number of hydrogen-bond donors (Lipinski definition) is 0. The van der Waals surface area contributed by atoms with Crippen molar-refractivity contribution in [3.8, 4) is 0 Å². The van der Waals surface area contributed by atoms with Crippen molar-refractivity contribution in [3.63, 3.8) is 0 Å². The number of rotatable bonds is 0. The predicted octanol–water partition coefficient (Wildman–Crippen LogP) is 6.93. The summed E-state index contributed by atoms with van der Waals surface area (Å²) in [5.41, 5.74) is 3.68. The van der Waals surface area contributed by atoms with Crippen LogP contribution < -0.4 is 0 Å². The molecular weight excluding hydrogens is 503 g/mol. The first-order chi connectivity index (χ1) is 16.2. The monoisotopic (exact) mass is 520 g/mol. The molecular formula is C24H18N5OS4. The molecule has 0 spiro atoms. The van der Waals surface area contributed by atoms with Crippen molar-refractivity contribution in [2.24, 2.45) is 0 Å². The second-order valence-electron chi connectivity index (χ2n) is 9.45. The molecule has 0 N–H and O–H groups in total. The van der Waals surface area contributed by atoms with Gasteiger partial charge in [-0.2, -0.15) is 0 Å². The van der Waals surface area contributed by atoms with Crippen LogP contribution in [-0.2, 0) is 16.3 Å². The smallest absolute Gasteiger partial charge is 0.0903 e. The number of thioether (sulfide) groups is 4. The number of nitrogens with zero attached hydrogens (tertiary/aromatic N) is 5. The van der Waals surface area contributed by atoms with Gasteiger partial charge in [-0.1, -0.05) is 47.0 Å².